The Balaban J connectivity index is 1.61. The van der Waals surface area contributed by atoms with Crippen molar-refractivity contribution in [3.05, 3.63) is 59.9 Å². The van der Waals surface area contributed by atoms with Crippen LogP contribution in [-0.4, -0.2) is 40.3 Å². The molecule has 0 saturated carbocycles. The van der Waals surface area contributed by atoms with Gasteiger partial charge in [-0.25, -0.2) is 0 Å². The molecule has 6 heteroatoms. The zero-order valence-corrected chi connectivity index (χ0v) is 14.2. The van der Waals surface area contributed by atoms with E-state index in [0.717, 1.165) is 12.1 Å². The fourth-order valence-corrected chi connectivity index (χ4v) is 4.03. The maximum atomic E-state index is 13.0. The predicted octanol–water partition coefficient (Wildman–Crippen LogP) is 2.36. The summed E-state index contributed by atoms with van der Waals surface area (Å²) in [6.45, 7) is 0.606. The first-order valence-electron chi connectivity index (χ1n) is 8.72. The zero-order valence-electron chi connectivity index (χ0n) is 14.2. The van der Waals surface area contributed by atoms with Gasteiger partial charge in [0.05, 0.1) is 35.6 Å². The van der Waals surface area contributed by atoms with Crippen LogP contribution in [0.15, 0.2) is 48.8 Å². The Kier molecular flexibility index (Phi) is 4.13. The maximum Gasteiger partial charge on any atom is 0.254 e. The van der Waals surface area contributed by atoms with Gasteiger partial charge in [-0.2, -0.15) is 5.26 Å². The summed E-state index contributed by atoms with van der Waals surface area (Å²) < 4.78 is 0. The fraction of sp³-hybridized carbons (Fsp3) is 0.300. The van der Waals surface area contributed by atoms with E-state index >= 15 is 0 Å². The molecule has 0 radical (unpaired) electrons. The summed E-state index contributed by atoms with van der Waals surface area (Å²) in [5, 5.41) is 9.06. The molecule has 1 aromatic heterocycles. The molecular formula is C20H18N4O2. The molecule has 6 nitrogen and oxygen atoms in total. The van der Waals surface area contributed by atoms with Gasteiger partial charge in [-0.05, 0) is 43.2 Å². The zero-order chi connectivity index (χ0) is 18.1. The molecule has 0 unspecified atom stereocenters. The lowest BCUT2D eigenvalue weighted by Gasteiger charge is -2.39. The van der Waals surface area contributed by atoms with Crippen LogP contribution in [0.3, 0.4) is 0 Å². The maximum absolute atomic E-state index is 13.0. The van der Waals surface area contributed by atoms with Gasteiger partial charge >= 0.3 is 0 Å². The van der Waals surface area contributed by atoms with E-state index in [0.29, 0.717) is 30.5 Å². The van der Waals surface area contributed by atoms with Gasteiger partial charge in [-0.1, -0.05) is 6.07 Å². The molecule has 2 amide bonds. The van der Waals surface area contributed by atoms with Crippen molar-refractivity contribution in [2.45, 2.75) is 31.3 Å². The quantitative estimate of drug-likeness (QED) is 0.836. The van der Waals surface area contributed by atoms with Gasteiger partial charge in [0.2, 0.25) is 5.91 Å². The van der Waals surface area contributed by atoms with Gasteiger partial charge in [-0.3, -0.25) is 14.6 Å². The van der Waals surface area contributed by atoms with Gasteiger partial charge in [0, 0.05) is 24.7 Å². The van der Waals surface area contributed by atoms with Gasteiger partial charge < -0.3 is 9.80 Å². The van der Waals surface area contributed by atoms with E-state index in [-0.39, 0.29) is 23.9 Å². The van der Waals surface area contributed by atoms with Crippen molar-refractivity contribution in [1.82, 2.24) is 9.88 Å². The number of nitriles is 1. The summed E-state index contributed by atoms with van der Waals surface area (Å²) in [6.07, 6.45) is 5.21. The van der Waals surface area contributed by atoms with Gasteiger partial charge in [0.1, 0.15) is 0 Å². The molecule has 2 atom stereocenters. The van der Waals surface area contributed by atoms with E-state index in [1.54, 1.807) is 41.6 Å². The number of hydrogen-bond acceptors (Lipinski definition) is 4. The molecule has 4 rings (SSSR count). The number of rotatable bonds is 2. The lowest BCUT2D eigenvalue weighted by atomic mass is 9.95. The molecule has 2 fully saturated rings. The fourth-order valence-electron chi connectivity index (χ4n) is 4.03. The van der Waals surface area contributed by atoms with Crippen LogP contribution in [-0.2, 0) is 4.79 Å². The highest BCUT2D eigenvalue weighted by Gasteiger charge is 2.45. The van der Waals surface area contributed by atoms with Gasteiger partial charge in [-0.15, -0.1) is 0 Å². The Bertz CT molecular complexity index is 890. The summed E-state index contributed by atoms with van der Waals surface area (Å²) in [5.41, 5.74) is 1.78. The number of hydrogen-bond donors (Lipinski definition) is 0. The summed E-state index contributed by atoms with van der Waals surface area (Å²) in [4.78, 5) is 33.3. The van der Waals surface area contributed by atoms with Crippen LogP contribution >= 0.6 is 0 Å². The molecule has 130 valence electrons. The third-order valence-electron chi connectivity index (χ3n) is 5.19. The first-order chi connectivity index (χ1) is 12.7. The molecule has 1 aromatic carbocycles. The first kappa shape index (κ1) is 16.3. The van der Waals surface area contributed by atoms with Crippen LogP contribution in [0.1, 0.15) is 35.2 Å². The molecule has 0 N–H and O–H groups in total. The van der Waals surface area contributed by atoms with E-state index in [1.807, 2.05) is 17.0 Å². The number of aromatic nitrogens is 1. The largest absolute Gasteiger partial charge is 0.333 e. The van der Waals surface area contributed by atoms with Gasteiger partial charge in [0.15, 0.2) is 0 Å². The minimum atomic E-state index is -0.0740. The minimum absolute atomic E-state index is 0.00820. The van der Waals surface area contributed by atoms with Crippen LogP contribution < -0.4 is 4.90 Å². The smallest absolute Gasteiger partial charge is 0.254 e. The summed E-state index contributed by atoms with van der Waals surface area (Å²) >= 11 is 0. The van der Waals surface area contributed by atoms with Crippen molar-refractivity contribution >= 4 is 17.5 Å². The molecule has 2 aromatic rings. The van der Waals surface area contributed by atoms with Crippen molar-refractivity contribution in [3.8, 4) is 6.07 Å². The van der Waals surface area contributed by atoms with Gasteiger partial charge in [0.25, 0.3) is 5.91 Å². The lowest BCUT2D eigenvalue weighted by molar-refractivity contribution is -0.120. The number of carbonyl (C=O) groups is 2. The molecule has 0 bridgehead atoms. The van der Waals surface area contributed by atoms with Crippen LogP contribution in [0.25, 0.3) is 0 Å². The molecule has 2 saturated heterocycles. The summed E-state index contributed by atoms with van der Waals surface area (Å²) in [5.74, 6) is 0.00936. The molecule has 3 heterocycles. The number of piperidine rings is 1. The number of carbonyl (C=O) groups excluding carboxylic acids is 2. The molecule has 2 aliphatic rings. The lowest BCUT2D eigenvalue weighted by Crippen LogP contribution is -2.53. The second kappa shape index (κ2) is 6.60. The number of amides is 2. The van der Waals surface area contributed by atoms with Crippen molar-refractivity contribution in [1.29, 1.82) is 5.26 Å². The van der Waals surface area contributed by atoms with Crippen molar-refractivity contribution in [2.24, 2.45) is 0 Å². The summed E-state index contributed by atoms with van der Waals surface area (Å²) in [7, 11) is 0. The van der Waals surface area contributed by atoms with Crippen LogP contribution in [0.5, 0.6) is 0 Å². The Morgan fingerprint density at radius 2 is 2.08 bits per heavy atom. The van der Waals surface area contributed by atoms with E-state index < -0.39 is 0 Å². The third-order valence-corrected chi connectivity index (χ3v) is 5.19. The first-order valence-corrected chi connectivity index (χ1v) is 8.72. The Morgan fingerprint density at radius 1 is 1.19 bits per heavy atom. The highest BCUT2D eigenvalue weighted by Crippen LogP contribution is 2.35. The normalized spacial score (nSPS) is 22.0. The second-order valence-electron chi connectivity index (χ2n) is 6.63. The van der Waals surface area contributed by atoms with Crippen molar-refractivity contribution in [3.63, 3.8) is 0 Å². The highest BCUT2D eigenvalue weighted by atomic mass is 16.2. The summed E-state index contributed by atoms with van der Waals surface area (Å²) in [6, 6.07) is 12.5. The van der Waals surface area contributed by atoms with Crippen molar-refractivity contribution < 1.29 is 9.59 Å². The number of nitrogens with zero attached hydrogens (tertiary/aromatic N) is 4. The minimum Gasteiger partial charge on any atom is -0.333 e. The van der Waals surface area contributed by atoms with E-state index in [1.165, 1.54) is 0 Å². The predicted molar refractivity (Wildman–Crippen MR) is 95.3 cm³/mol. The average Bonchev–Trinajstić information content (AvgIpc) is 3.12. The Morgan fingerprint density at radius 3 is 2.85 bits per heavy atom. The topological polar surface area (TPSA) is 77.3 Å². The van der Waals surface area contributed by atoms with Crippen LogP contribution in [0.2, 0.25) is 0 Å². The molecular weight excluding hydrogens is 328 g/mol. The number of likely N-dealkylation sites (tertiary alicyclic amines) is 1. The van der Waals surface area contributed by atoms with E-state index in [9.17, 15) is 9.59 Å². The van der Waals surface area contributed by atoms with E-state index in [2.05, 4.69) is 11.1 Å². The standard InChI is InChI=1S/C20H18N4O2/c21-12-14-3-1-4-15(11-14)20(26)23-10-8-18-17(23)6-7-19(25)24(18)16-5-2-9-22-13-16/h1-5,9,11,13,17-18H,6-8,10H2/t17-,18-/m1/s1. The van der Waals surface area contributed by atoms with Crippen LogP contribution in [0, 0.1) is 11.3 Å². The van der Waals surface area contributed by atoms with Crippen molar-refractivity contribution in [2.75, 3.05) is 11.4 Å². The molecule has 2 aliphatic heterocycles. The Labute approximate surface area is 151 Å². The third kappa shape index (κ3) is 2.72. The Hall–Kier alpha value is -3.20. The number of pyridine rings is 1. The second-order valence-corrected chi connectivity index (χ2v) is 6.63. The SMILES string of the molecule is N#Cc1cccc(C(=O)N2CC[C@@H]3[C@H]2CCC(=O)N3c2cccnc2)c1. The molecule has 26 heavy (non-hydrogen) atoms. The number of anilines is 1. The number of benzene rings is 1. The number of fused-ring (bicyclic) bond motifs is 1. The molecule has 0 aliphatic carbocycles. The average molecular weight is 346 g/mol. The van der Waals surface area contributed by atoms with E-state index in [4.69, 9.17) is 5.26 Å². The monoisotopic (exact) mass is 346 g/mol. The molecule has 0 spiro atoms. The van der Waals surface area contributed by atoms with Crippen LogP contribution in [0.4, 0.5) is 5.69 Å². The highest BCUT2D eigenvalue weighted by molar-refractivity contribution is 5.97.